The van der Waals surface area contributed by atoms with E-state index in [2.05, 4.69) is 9.88 Å². The molecule has 1 aliphatic heterocycles. The molecule has 2 N–H and O–H groups in total. The number of primary amides is 1. The lowest BCUT2D eigenvalue weighted by molar-refractivity contribution is -0.118. The first kappa shape index (κ1) is 18.5. The smallest absolute Gasteiger partial charge is 0.217 e. The molecule has 0 saturated carbocycles. The van der Waals surface area contributed by atoms with Crippen LogP contribution in [0.3, 0.4) is 0 Å². The van der Waals surface area contributed by atoms with E-state index >= 15 is 0 Å². The van der Waals surface area contributed by atoms with Gasteiger partial charge in [-0.05, 0) is 62.1 Å². The van der Waals surface area contributed by atoms with Crippen molar-refractivity contribution in [2.75, 3.05) is 18.0 Å². The zero-order chi connectivity index (χ0) is 19.8. The molecule has 4 heterocycles. The zero-order valence-electron chi connectivity index (χ0n) is 16.4. The first-order valence-corrected chi connectivity index (χ1v) is 11.3. The summed E-state index contributed by atoms with van der Waals surface area (Å²) in [5.41, 5.74) is 7.87. The fourth-order valence-electron chi connectivity index (χ4n) is 4.70. The molecule has 1 saturated heterocycles. The number of aromatic nitrogens is 3. The lowest BCUT2D eigenvalue weighted by Gasteiger charge is -2.34. The topological polar surface area (TPSA) is 85.0 Å². The Morgan fingerprint density at radius 1 is 1.24 bits per heavy atom. The number of hydrogen-bond acceptors (Lipinski definition) is 6. The molecule has 6 nitrogen and oxygen atoms in total. The van der Waals surface area contributed by atoms with Crippen LogP contribution in [0.4, 0.5) is 5.82 Å². The lowest BCUT2D eigenvalue weighted by Crippen LogP contribution is -2.37. The highest BCUT2D eigenvalue weighted by Crippen LogP contribution is 2.41. The Morgan fingerprint density at radius 3 is 2.97 bits per heavy atom. The molecule has 0 radical (unpaired) electrons. The summed E-state index contributed by atoms with van der Waals surface area (Å²) in [6.07, 6.45) is 10.9. The number of aryl methyl sites for hydroxylation is 2. The van der Waals surface area contributed by atoms with Crippen LogP contribution in [0.15, 0.2) is 24.5 Å². The second kappa shape index (κ2) is 7.71. The number of piperidine rings is 1. The van der Waals surface area contributed by atoms with Crippen molar-refractivity contribution in [2.24, 2.45) is 11.7 Å². The Bertz CT molecular complexity index is 1050. The minimum atomic E-state index is -0.214. The van der Waals surface area contributed by atoms with Crippen LogP contribution in [-0.2, 0) is 17.6 Å². The van der Waals surface area contributed by atoms with Crippen LogP contribution < -0.4 is 10.6 Å². The van der Waals surface area contributed by atoms with Crippen molar-refractivity contribution in [3.63, 3.8) is 0 Å². The molecule has 1 aliphatic carbocycles. The van der Waals surface area contributed by atoms with Gasteiger partial charge in [0.2, 0.25) is 5.91 Å². The number of hydrogen-bond donors (Lipinski definition) is 1. The Balaban J connectivity index is 1.63. The van der Waals surface area contributed by atoms with Crippen LogP contribution in [0.25, 0.3) is 21.6 Å². The van der Waals surface area contributed by atoms with Gasteiger partial charge in [-0.3, -0.25) is 9.78 Å². The highest BCUT2D eigenvalue weighted by molar-refractivity contribution is 7.19. The minimum absolute atomic E-state index is 0.214. The van der Waals surface area contributed by atoms with E-state index in [-0.39, 0.29) is 5.91 Å². The highest BCUT2D eigenvalue weighted by Gasteiger charge is 2.28. The van der Waals surface area contributed by atoms with Crippen molar-refractivity contribution >= 4 is 33.3 Å². The van der Waals surface area contributed by atoms with E-state index in [1.54, 1.807) is 6.20 Å². The first-order chi connectivity index (χ1) is 14.2. The summed E-state index contributed by atoms with van der Waals surface area (Å²) >= 11 is 1.83. The van der Waals surface area contributed by atoms with E-state index in [4.69, 9.17) is 15.7 Å². The van der Waals surface area contributed by atoms with E-state index in [1.165, 1.54) is 28.7 Å². The number of fused-ring (bicyclic) bond motifs is 3. The summed E-state index contributed by atoms with van der Waals surface area (Å²) in [7, 11) is 0. The number of pyridine rings is 1. The molecule has 0 bridgehead atoms. The van der Waals surface area contributed by atoms with Crippen LogP contribution in [0.2, 0.25) is 0 Å². The van der Waals surface area contributed by atoms with Crippen molar-refractivity contribution in [1.29, 1.82) is 0 Å². The average Bonchev–Trinajstić information content (AvgIpc) is 3.12. The zero-order valence-corrected chi connectivity index (χ0v) is 17.2. The van der Waals surface area contributed by atoms with Crippen LogP contribution in [0.1, 0.15) is 42.5 Å². The average molecular weight is 408 g/mol. The van der Waals surface area contributed by atoms with E-state index in [1.807, 2.05) is 29.7 Å². The standard InChI is InChI=1S/C22H25N5OS/c23-18(28)11-14-5-4-10-27(13-14)21-19-16-7-1-2-8-17(16)29-22(19)26-20(25-21)15-6-3-9-24-12-15/h3,6,9,12,14H,1-2,4-5,7-8,10-11,13H2,(H2,23,28). The molecule has 0 spiro atoms. The number of rotatable bonds is 4. The predicted molar refractivity (Wildman–Crippen MR) is 116 cm³/mol. The number of anilines is 1. The SMILES string of the molecule is NC(=O)CC1CCCN(c2nc(-c3cccnc3)nc3sc4c(c23)CCCC4)C1. The fourth-order valence-corrected chi connectivity index (χ4v) is 5.96. The number of amides is 1. The second-order valence-electron chi connectivity index (χ2n) is 8.13. The van der Waals surface area contributed by atoms with E-state index < -0.39 is 0 Å². The molecule has 2 aliphatic rings. The molecule has 0 aromatic carbocycles. The third kappa shape index (κ3) is 3.59. The van der Waals surface area contributed by atoms with Gasteiger partial charge in [0.1, 0.15) is 10.6 Å². The normalized spacial score (nSPS) is 19.3. The van der Waals surface area contributed by atoms with Crippen LogP contribution in [0, 0.1) is 5.92 Å². The number of nitrogens with two attached hydrogens (primary N) is 1. The van der Waals surface area contributed by atoms with Gasteiger partial charge in [0.15, 0.2) is 5.82 Å². The molecule has 3 aromatic rings. The molecule has 1 fully saturated rings. The Kier molecular flexibility index (Phi) is 4.91. The van der Waals surface area contributed by atoms with Gasteiger partial charge in [-0.1, -0.05) is 0 Å². The van der Waals surface area contributed by atoms with E-state index in [0.29, 0.717) is 12.3 Å². The van der Waals surface area contributed by atoms with Crippen LogP contribution in [-0.4, -0.2) is 33.9 Å². The fraction of sp³-hybridized carbons (Fsp3) is 0.455. The number of carbonyl (C=O) groups excluding carboxylic acids is 1. The molecular weight excluding hydrogens is 382 g/mol. The maximum absolute atomic E-state index is 11.5. The third-order valence-electron chi connectivity index (χ3n) is 6.02. The largest absolute Gasteiger partial charge is 0.370 e. The molecule has 1 amide bonds. The van der Waals surface area contributed by atoms with E-state index in [0.717, 1.165) is 60.8 Å². The van der Waals surface area contributed by atoms with Gasteiger partial charge in [-0.25, -0.2) is 9.97 Å². The first-order valence-electron chi connectivity index (χ1n) is 10.4. The quantitative estimate of drug-likeness (QED) is 0.712. The summed E-state index contributed by atoms with van der Waals surface area (Å²) in [5, 5.41) is 1.23. The molecule has 1 atom stereocenters. The molecule has 150 valence electrons. The second-order valence-corrected chi connectivity index (χ2v) is 9.21. The highest BCUT2D eigenvalue weighted by atomic mass is 32.1. The summed E-state index contributed by atoms with van der Waals surface area (Å²) in [5.74, 6) is 1.84. The van der Waals surface area contributed by atoms with Gasteiger partial charge in [-0.15, -0.1) is 11.3 Å². The van der Waals surface area contributed by atoms with Gasteiger partial charge < -0.3 is 10.6 Å². The number of nitrogens with zero attached hydrogens (tertiary/aromatic N) is 4. The minimum Gasteiger partial charge on any atom is -0.370 e. The Hall–Kier alpha value is -2.54. The maximum Gasteiger partial charge on any atom is 0.217 e. The lowest BCUT2D eigenvalue weighted by atomic mass is 9.93. The number of carbonyl (C=O) groups is 1. The third-order valence-corrected chi connectivity index (χ3v) is 7.21. The number of thiophene rings is 1. The Labute approximate surface area is 174 Å². The van der Waals surface area contributed by atoms with Gasteiger partial charge >= 0.3 is 0 Å². The van der Waals surface area contributed by atoms with Crippen molar-refractivity contribution in [3.8, 4) is 11.4 Å². The molecule has 5 rings (SSSR count). The predicted octanol–water partition coefficient (Wildman–Crippen LogP) is 3.72. The van der Waals surface area contributed by atoms with Gasteiger partial charge in [0.25, 0.3) is 0 Å². The van der Waals surface area contributed by atoms with Crippen molar-refractivity contribution < 1.29 is 4.79 Å². The van der Waals surface area contributed by atoms with Crippen molar-refractivity contribution in [1.82, 2.24) is 15.0 Å². The summed E-state index contributed by atoms with van der Waals surface area (Å²) in [6, 6.07) is 3.93. The monoisotopic (exact) mass is 407 g/mol. The molecule has 3 aromatic heterocycles. The van der Waals surface area contributed by atoms with Crippen LogP contribution in [0.5, 0.6) is 0 Å². The molecule has 1 unspecified atom stereocenters. The van der Waals surface area contributed by atoms with Crippen molar-refractivity contribution in [2.45, 2.75) is 44.9 Å². The summed E-state index contributed by atoms with van der Waals surface area (Å²) < 4.78 is 0. The molecule has 7 heteroatoms. The molecular formula is C22H25N5OS. The maximum atomic E-state index is 11.5. The van der Waals surface area contributed by atoms with Crippen molar-refractivity contribution in [3.05, 3.63) is 35.0 Å². The van der Waals surface area contributed by atoms with E-state index in [9.17, 15) is 4.79 Å². The van der Waals surface area contributed by atoms with Gasteiger partial charge in [-0.2, -0.15) is 0 Å². The van der Waals surface area contributed by atoms with Gasteiger partial charge in [0.05, 0.1) is 5.39 Å². The van der Waals surface area contributed by atoms with Crippen LogP contribution >= 0.6 is 11.3 Å². The Morgan fingerprint density at radius 2 is 2.14 bits per heavy atom. The van der Waals surface area contributed by atoms with Gasteiger partial charge in [0, 0.05) is 42.3 Å². The summed E-state index contributed by atoms with van der Waals surface area (Å²) in [6.45, 7) is 1.78. The molecule has 29 heavy (non-hydrogen) atoms. The summed E-state index contributed by atoms with van der Waals surface area (Å²) in [4.78, 5) is 30.6.